The van der Waals surface area contributed by atoms with Gasteiger partial charge in [-0.05, 0) is 25.0 Å². The summed E-state index contributed by atoms with van der Waals surface area (Å²) in [5.41, 5.74) is 0. The Bertz CT molecular complexity index is 452. The molecule has 0 fully saturated rings. The van der Waals surface area contributed by atoms with Crippen molar-refractivity contribution in [3.05, 3.63) is 22.9 Å². The van der Waals surface area contributed by atoms with Gasteiger partial charge in [-0.25, -0.2) is 0 Å². The van der Waals surface area contributed by atoms with Crippen molar-refractivity contribution in [2.45, 2.75) is 26.2 Å². The first kappa shape index (κ1) is 11.6. The van der Waals surface area contributed by atoms with Crippen molar-refractivity contribution in [2.75, 3.05) is 5.88 Å². The van der Waals surface area contributed by atoms with E-state index in [1.807, 2.05) is 6.07 Å². The SMILES string of the molecule is CCc1ccc(-c2nnc(CCCCl)o2)s1. The predicted molar refractivity (Wildman–Crippen MR) is 66.0 cm³/mol. The van der Waals surface area contributed by atoms with Crippen molar-refractivity contribution in [3.63, 3.8) is 0 Å². The lowest BCUT2D eigenvalue weighted by molar-refractivity contribution is 0.503. The molecule has 0 saturated heterocycles. The highest BCUT2D eigenvalue weighted by molar-refractivity contribution is 7.15. The molecule has 0 bridgehead atoms. The first-order chi connectivity index (χ1) is 7.83. The van der Waals surface area contributed by atoms with Crippen LogP contribution in [0.5, 0.6) is 0 Å². The smallest absolute Gasteiger partial charge is 0.257 e. The molecule has 0 aliphatic rings. The van der Waals surface area contributed by atoms with Crippen LogP contribution >= 0.6 is 22.9 Å². The highest BCUT2D eigenvalue weighted by atomic mass is 35.5. The number of rotatable bonds is 5. The molecule has 0 unspecified atom stereocenters. The maximum Gasteiger partial charge on any atom is 0.257 e. The number of aromatic nitrogens is 2. The Morgan fingerprint density at radius 1 is 1.38 bits per heavy atom. The van der Waals surface area contributed by atoms with Gasteiger partial charge in [0.05, 0.1) is 4.88 Å². The van der Waals surface area contributed by atoms with Gasteiger partial charge in [0.2, 0.25) is 5.89 Å². The Kier molecular flexibility index (Phi) is 3.96. The number of halogens is 1. The van der Waals surface area contributed by atoms with Gasteiger partial charge in [-0.2, -0.15) is 0 Å². The second-order valence-corrected chi connectivity index (χ2v) is 4.96. The summed E-state index contributed by atoms with van der Waals surface area (Å²) < 4.78 is 5.56. The minimum atomic E-state index is 0.620. The Hall–Kier alpha value is -0.870. The molecule has 2 rings (SSSR count). The zero-order chi connectivity index (χ0) is 11.4. The minimum Gasteiger partial charge on any atom is -0.420 e. The Morgan fingerprint density at radius 2 is 2.25 bits per heavy atom. The van der Waals surface area contributed by atoms with E-state index in [2.05, 4.69) is 23.2 Å². The van der Waals surface area contributed by atoms with Crippen LogP contribution in [0.15, 0.2) is 16.5 Å². The summed E-state index contributed by atoms with van der Waals surface area (Å²) in [4.78, 5) is 2.37. The summed E-state index contributed by atoms with van der Waals surface area (Å²) in [5, 5.41) is 8.03. The summed E-state index contributed by atoms with van der Waals surface area (Å²) in [6, 6.07) is 4.13. The van der Waals surface area contributed by atoms with Crippen molar-refractivity contribution >= 4 is 22.9 Å². The summed E-state index contributed by atoms with van der Waals surface area (Å²) in [7, 11) is 0. The average molecular weight is 257 g/mol. The van der Waals surface area contributed by atoms with E-state index in [4.69, 9.17) is 16.0 Å². The molecule has 86 valence electrons. The second-order valence-electron chi connectivity index (χ2n) is 3.41. The number of hydrogen-bond acceptors (Lipinski definition) is 4. The fourth-order valence-electron chi connectivity index (χ4n) is 1.36. The Morgan fingerprint density at radius 3 is 2.94 bits per heavy atom. The van der Waals surface area contributed by atoms with Crippen molar-refractivity contribution in [1.82, 2.24) is 10.2 Å². The molecule has 0 N–H and O–H groups in total. The van der Waals surface area contributed by atoms with Gasteiger partial charge < -0.3 is 4.42 Å². The largest absolute Gasteiger partial charge is 0.420 e. The molecule has 0 aliphatic heterocycles. The van der Waals surface area contributed by atoms with Crippen molar-refractivity contribution in [2.24, 2.45) is 0 Å². The molecule has 16 heavy (non-hydrogen) atoms. The van der Waals surface area contributed by atoms with Crippen molar-refractivity contribution in [1.29, 1.82) is 0 Å². The molecular weight excluding hydrogens is 244 g/mol. The van der Waals surface area contributed by atoms with E-state index >= 15 is 0 Å². The number of thiophene rings is 1. The van der Waals surface area contributed by atoms with Gasteiger partial charge in [0.25, 0.3) is 5.89 Å². The van der Waals surface area contributed by atoms with Gasteiger partial charge in [0, 0.05) is 17.2 Å². The maximum atomic E-state index is 5.61. The first-order valence-corrected chi connectivity index (χ1v) is 6.66. The number of hydrogen-bond donors (Lipinski definition) is 0. The predicted octanol–water partition coefficient (Wildman–Crippen LogP) is 3.53. The normalized spacial score (nSPS) is 10.9. The summed E-state index contributed by atoms with van der Waals surface area (Å²) >= 11 is 7.31. The van der Waals surface area contributed by atoms with E-state index in [-0.39, 0.29) is 0 Å². The van der Waals surface area contributed by atoms with Gasteiger partial charge in [-0.3, -0.25) is 0 Å². The van der Waals surface area contributed by atoms with E-state index in [1.54, 1.807) is 11.3 Å². The van der Waals surface area contributed by atoms with E-state index < -0.39 is 0 Å². The third kappa shape index (κ3) is 2.62. The number of nitrogens with zero attached hydrogens (tertiary/aromatic N) is 2. The van der Waals surface area contributed by atoms with Gasteiger partial charge >= 0.3 is 0 Å². The van der Waals surface area contributed by atoms with Crippen LogP contribution < -0.4 is 0 Å². The van der Waals surface area contributed by atoms with Crippen LogP contribution in [0.25, 0.3) is 10.8 Å². The maximum absolute atomic E-state index is 5.61. The Labute approximate surface area is 103 Å². The zero-order valence-electron chi connectivity index (χ0n) is 9.07. The van der Waals surface area contributed by atoms with Crippen LogP contribution in [0, 0.1) is 0 Å². The summed E-state index contributed by atoms with van der Waals surface area (Å²) in [5.74, 6) is 1.91. The van der Waals surface area contributed by atoms with Crippen LogP contribution in [0.2, 0.25) is 0 Å². The van der Waals surface area contributed by atoms with Gasteiger partial charge in [0.15, 0.2) is 0 Å². The van der Waals surface area contributed by atoms with Crippen LogP contribution in [0.4, 0.5) is 0 Å². The third-order valence-corrected chi connectivity index (χ3v) is 3.70. The molecule has 5 heteroatoms. The van der Waals surface area contributed by atoms with Gasteiger partial charge in [-0.15, -0.1) is 33.1 Å². The lowest BCUT2D eigenvalue weighted by Gasteiger charge is -1.89. The van der Waals surface area contributed by atoms with E-state index in [0.717, 1.165) is 24.1 Å². The summed E-state index contributed by atoms with van der Waals surface area (Å²) in [6.07, 6.45) is 2.66. The standard InChI is InChI=1S/C11H13ClN2OS/c1-2-8-5-6-9(16-8)11-14-13-10(15-11)4-3-7-12/h5-6H,2-4,7H2,1H3. The minimum absolute atomic E-state index is 0.620. The highest BCUT2D eigenvalue weighted by Gasteiger charge is 2.10. The van der Waals surface area contributed by atoms with Crippen LogP contribution in [-0.4, -0.2) is 16.1 Å². The van der Waals surface area contributed by atoms with Crippen molar-refractivity contribution in [3.8, 4) is 10.8 Å². The van der Waals surface area contributed by atoms with Crippen LogP contribution in [-0.2, 0) is 12.8 Å². The average Bonchev–Trinajstić information content (AvgIpc) is 2.94. The van der Waals surface area contributed by atoms with Crippen LogP contribution in [0.3, 0.4) is 0 Å². The monoisotopic (exact) mass is 256 g/mol. The molecule has 2 heterocycles. The molecular formula is C11H13ClN2OS. The number of aryl methyl sites for hydroxylation is 2. The van der Waals surface area contributed by atoms with Crippen LogP contribution in [0.1, 0.15) is 24.1 Å². The van der Waals surface area contributed by atoms with Gasteiger partial charge in [0.1, 0.15) is 0 Å². The zero-order valence-corrected chi connectivity index (χ0v) is 10.6. The second kappa shape index (κ2) is 5.46. The lowest BCUT2D eigenvalue weighted by atomic mass is 10.3. The fourth-order valence-corrected chi connectivity index (χ4v) is 2.36. The molecule has 0 radical (unpaired) electrons. The van der Waals surface area contributed by atoms with Gasteiger partial charge in [-0.1, -0.05) is 6.92 Å². The fraction of sp³-hybridized carbons (Fsp3) is 0.455. The molecule has 0 atom stereocenters. The molecule has 2 aromatic rings. The van der Waals surface area contributed by atoms with Crippen molar-refractivity contribution < 1.29 is 4.42 Å². The first-order valence-electron chi connectivity index (χ1n) is 5.31. The lowest BCUT2D eigenvalue weighted by Crippen LogP contribution is -1.85. The molecule has 2 aromatic heterocycles. The number of alkyl halides is 1. The topological polar surface area (TPSA) is 38.9 Å². The molecule has 0 spiro atoms. The quantitative estimate of drug-likeness (QED) is 0.768. The van der Waals surface area contributed by atoms with E-state index in [1.165, 1.54) is 4.88 Å². The Balaban J connectivity index is 2.11. The van der Waals surface area contributed by atoms with E-state index in [0.29, 0.717) is 17.7 Å². The molecule has 0 aromatic carbocycles. The molecule has 0 saturated carbocycles. The molecule has 0 amide bonds. The molecule has 3 nitrogen and oxygen atoms in total. The molecule has 0 aliphatic carbocycles. The summed E-state index contributed by atoms with van der Waals surface area (Å²) in [6.45, 7) is 2.13. The van der Waals surface area contributed by atoms with E-state index in [9.17, 15) is 0 Å². The highest BCUT2D eigenvalue weighted by Crippen LogP contribution is 2.27. The third-order valence-electron chi connectivity index (χ3n) is 2.21.